The molecule has 2 aliphatic carbocycles. The summed E-state index contributed by atoms with van der Waals surface area (Å²) in [7, 11) is 0. The molecule has 0 aromatic carbocycles. The van der Waals surface area contributed by atoms with Gasteiger partial charge in [-0.3, -0.25) is 20.4 Å². The zero-order chi connectivity index (χ0) is 15.5. The van der Waals surface area contributed by atoms with Crippen LogP contribution < -0.4 is 10.9 Å². The summed E-state index contributed by atoms with van der Waals surface area (Å²) in [5.41, 5.74) is 1.49. The van der Waals surface area contributed by atoms with E-state index in [9.17, 15) is 23.5 Å². The molecule has 3 N–H and O–H groups in total. The average molecular weight is 304 g/mol. The maximum absolute atomic E-state index is 13.7. The fraction of sp³-hybridized carbons (Fsp3) is 0.857. The van der Waals surface area contributed by atoms with E-state index in [1.165, 1.54) is 6.42 Å². The van der Waals surface area contributed by atoms with Crippen LogP contribution in [0.25, 0.3) is 0 Å². The van der Waals surface area contributed by atoms with E-state index in [0.717, 1.165) is 25.7 Å². The van der Waals surface area contributed by atoms with E-state index in [4.69, 9.17) is 0 Å². The highest BCUT2D eigenvalue weighted by Gasteiger charge is 2.61. The minimum Gasteiger partial charge on any atom is -0.383 e. The van der Waals surface area contributed by atoms with E-state index >= 15 is 0 Å². The highest BCUT2D eigenvalue weighted by atomic mass is 19.3. The smallest absolute Gasteiger partial charge is 0.354 e. The Labute approximate surface area is 122 Å². The van der Waals surface area contributed by atoms with Crippen LogP contribution in [0, 0.1) is 5.92 Å². The van der Waals surface area contributed by atoms with Gasteiger partial charge in [-0.15, -0.1) is 0 Å². The molecule has 2 rings (SSSR count). The van der Waals surface area contributed by atoms with Gasteiger partial charge in [-0.25, -0.2) is 0 Å². The van der Waals surface area contributed by atoms with Crippen LogP contribution in [0.5, 0.6) is 0 Å². The quantitative estimate of drug-likeness (QED) is 0.691. The van der Waals surface area contributed by atoms with Gasteiger partial charge in [-0.1, -0.05) is 19.3 Å². The lowest BCUT2D eigenvalue weighted by Gasteiger charge is -2.41. The number of aliphatic hydroxyl groups is 1. The molecule has 0 atom stereocenters. The van der Waals surface area contributed by atoms with Gasteiger partial charge in [0.2, 0.25) is 5.91 Å². The van der Waals surface area contributed by atoms with E-state index in [2.05, 4.69) is 0 Å². The first-order chi connectivity index (χ1) is 9.85. The molecule has 7 heteroatoms. The third-order valence-corrected chi connectivity index (χ3v) is 4.56. The third-order valence-electron chi connectivity index (χ3n) is 4.56. The molecule has 21 heavy (non-hydrogen) atoms. The lowest BCUT2D eigenvalue weighted by molar-refractivity contribution is -0.216. The van der Waals surface area contributed by atoms with Crippen molar-refractivity contribution in [2.24, 2.45) is 5.92 Å². The number of hydrogen-bond acceptors (Lipinski definition) is 3. The van der Waals surface area contributed by atoms with Gasteiger partial charge in [0.1, 0.15) is 5.60 Å². The Morgan fingerprint density at radius 2 is 1.71 bits per heavy atom. The normalized spacial score (nSPS) is 22.2. The van der Waals surface area contributed by atoms with Gasteiger partial charge in [0.15, 0.2) is 0 Å². The van der Waals surface area contributed by atoms with Crippen molar-refractivity contribution in [1.82, 2.24) is 10.9 Å². The number of hydrazine groups is 1. The van der Waals surface area contributed by atoms with E-state index in [0.29, 0.717) is 6.42 Å². The summed E-state index contributed by atoms with van der Waals surface area (Å²) in [4.78, 5) is 23.1. The summed E-state index contributed by atoms with van der Waals surface area (Å²) < 4.78 is 27.5. The molecule has 0 bridgehead atoms. The third kappa shape index (κ3) is 3.51. The number of alkyl halides is 2. The molecular weight excluding hydrogens is 282 g/mol. The maximum atomic E-state index is 13.7. The summed E-state index contributed by atoms with van der Waals surface area (Å²) >= 11 is 0. The average Bonchev–Trinajstić information content (AvgIpc) is 2.43. The molecule has 5 nitrogen and oxygen atoms in total. The molecule has 2 fully saturated rings. The van der Waals surface area contributed by atoms with Gasteiger partial charge in [0, 0.05) is 6.42 Å². The Morgan fingerprint density at radius 3 is 2.24 bits per heavy atom. The van der Waals surface area contributed by atoms with Crippen molar-refractivity contribution in [3.05, 3.63) is 0 Å². The monoisotopic (exact) mass is 304 g/mol. The Bertz CT molecular complexity index is 405. The standard InChI is InChI=1S/C14H22F2N2O3/c15-14(16,13(21)7-4-8-13)12(20)18-17-11(19)9-10-5-2-1-3-6-10/h10,21H,1-9H2,(H,17,19)(H,18,20). The largest absolute Gasteiger partial charge is 0.383 e. The Morgan fingerprint density at radius 1 is 1.10 bits per heavy atom. The minimum atomic E-state index is -3.89. The van der Waals surface area contributed by atoms with Gasteiger partial charge < -0.3 is 5.11 Å². The van der Waals surface area contributed by atoms with Crippen molar-refractivity contribution < 1.29 is 23.5 Å². The predicted molar refractivity (Wildman–Crippen MR) is 71.2 cm³/mol. The fourth-order valence-electron chi connectivity index (χ4n) is 2.95. The van der Waals surface area contributed by atoms with Crippen LogP contribution in [0.4, 0.5) is 8.78 Å². The second-order valence-corrected chi connectivity index (χ2v) is 6.17. The molecule has 0 aromatic rings. The Balaban J connectivity index is 1.76. The first-order valence-electron chi connectivity index (χ1n) is 7.55. The lowest BCUT2D eigenvalue weighted by Crippen LogP contribution is -2.62. The Hall–Kier alpha value is -1.24. The van der Waals surface area contributed by atoms with Crippen molar-refractivity contribution in [2.75, 3.05) is 0 Å². The van der Waals surface area contributed by atoms with Crippen molar-refractivity contribution in [2.45, 2.75) is 69.3 Å². The van der Waals surface area contributed by atoms with Crippen LogP contribution in [-0.2, 0) is 9.59 Å². The molecule has 2 amide bonds. The highest BCUT2D eigenvalue weighted by Crippen LogP contribution is 2.44. The molecule has 2 aliphatic rings. The highest BCUT2D eigenvalue weighted by molar-refractivity contribution is 5.87. The van der Waals surface area contributed by atoms with Crippen LogP contribution in [-0.4, -0.2) is 28.4 Å². The molecule has 0 aliphatic heterocycles. The Kier molecular flexibility index (Phi) is 4.81. The molecule has 0 unspecified atom stereocenters. The van der Waals surface area contributed by atoms with Crippen LogP contribution >= 0.6 is 0 Å². The molecule has 0 radical (unpaired) electrons. The fourth-order valence-corrected chi connectivity index (χ4v) is 2.95. The van der Waals surface area contributed by atoms with Crippen LogP contribution in [0.3, 0.4) is 0 Å². The molecular formula is C14H22F2N2O3. The molecule has 0 spiro atoms. The number of nitrogens with one attached hydrogen (secondary N) is 2. The SMILES string of the molecule is O=C(CC1CCCCC1)NNC(=O)C(F)(F)C1(O)CCC1. The van der Waals surface area contributed by atoms with E-state index in [1.807, 2.05) is 5.43 Å². The van der Waals surface area contributed by atoms with Crippen molar-refractivity contribution in [3.8, 4) is 0 Å². The first kappa shape index (κ1) is 16.1. The molecule has 120 valence electrons. The maximum Gasteiger partial charge on any atom is 0.354 e. The zero-order valence-electron chi connectivity index (χ0n) is 12.0. The summed E-state index contributed by atoms with van der Waals surface area (Å²) in [5, 5.41) is 9.61. The van der Waals surface area contributed by atoms with Gasteiger partial charge in [-0.2, -0.15) is 8.78 Å². The topological polar surface area (TPSA) is 78.4 Å². The molecule has 0 heterocycles. The van der Waals surface area contributed by atoms with E-state index < -0.39 is 23.3 Å². The van der Waals surface area contributed by atoms with Gasteiger partial charge in [0.25, 0.3) is 0 Å². The van der Waals surface area contributed by atoms with Crippen molar-refractivity contribution in [1.29, 1.82) is 0 Å². The van der Waals surface area contributed by atoms with Crippen molar-refractivity contribution in [3.63, 3.8) is 0 Å². The number of rotatable bonds is 4. The number of amides is 2. The summed E-state index contributed by atoms with van der Waals surface area (Å²) in [6.07, 6.45) is 5.72. The number of carbonyl (C=O) groups excluding carboxylic acids is 2. The van der Waals surface area contributed by atoms with Crippen LogP contribution in [0.2, 0.25) is 0 Å². The second kappa shape index (κ2) is 6.25. The number of halogens is 2. The van der Waals surface area contributed by atoms with Crippen LogP contribution in [0.1, 0.15) is 57.8 Å². The summed E-state index contributed by atoms with van der Waals surface area (Å²) in [5.74, 6) is -5.75. The number of hydrogen-bond donors (Lipinski definition) is 3. The molecule has 2 saturated carbocycles. The van der Waals surface area contributed by atoms with Gasteiger partial charge in [-0.05, 0) is 38.0 Å². The van der Waals surface area contributed by atoms with Gasteiger partial charge in [0.05, 0.1) is 0 Å². The van der Waals surface area contributed by atoms with Crippen LogP contribution in [0.15, 0.2) is 0 Å². The summed E-state index contributed by atoms with van der Waals surface area (Å²) in [6, 6.07) is 0. The molecule has 0 aromatic heterocycles. The minimum absolute atomic E-state index is 0.108. The van der Waals surface area contributed by atoms with Crippen molar-refractivity contribution >= 4 is 11.8 Å². The summed E-state index contributed by atoms with van der Waals surface area (Å²) in [6.45, 7) is 0. The lowest BCUT2D eigenvalue weighted by atomic mass is 9.75. The predicted octanol–water partition coefficient (Wildman–Crippen LogP) is 1.65. The van der Waals surface area contributed by atoms with Gasteiger partial charge >= 0.3 is 11.8 Å². The number of carbonyl (C=O) groups is 2. The molecule has 0 saturated heterocycles. The zero-order valence-corrected chi connectivity index (χ0v) is 12.0. The van der Waals surface area contributed by atoms with E-state index in [1.54, 1.807) is 5.43 Å². The second-order valence-electron chi connectivity index (χ2n) is 6.17. The first-order valence-corrected chi connectivity index (χ1v) is 7.55. The van der Waals surface area contributed by atoms with E-state index in [-0.39, 0.29) is 25.2 Å².